The van der Waals surface area contributed by atoms with Crippen LogP contribution in [0.1, 0.15) is 53.0 Å². The molecule has 7 rings (SSSR count). The van der Waals surface area contributed by atoms with E-state index in [1.54, 1.807) is 33.6 Å². The van der Waals surface area contributed by atoms with E-state index in [0.29, 0.717) is 30.7 Å². The van der Waals surface area contributed by atoms with Crippen molar-refractivity contribution in [1.82, 2.24) is 9.58 Å². The molecule has 1 amide bonds. The van der Waals surface area contributed by atoms with E-state index in [-0.39, 0.29) is 29.1 Å². The summed E-state index contributed by atoms with van der Waals surface area (Å²) in [5.41, 5.74) is 2.93. The summed E-state index contributed by atoms with van der Waals surface area (Å²) in [6.45, 7) is 1.84. The number of rotatable bonds is 4. The molecule has 0 N–H and O–H groups in total. The third kappa shape index (κ3) is 4.57. The number of allylic oxidation sites excluding steroid dienone is 3. The summed E-state index contributed by atoms with van der Waals surface area (Å²) < 4.78 is 33.3. The second-order valence-corrected chi connectivity index (χ2v) is 12.1. The van der Waals surface area contributed by atoms with Gasteiger partial charge in [-0.25, -0.2) is 9.18 Å². The van der Waals surface area contributed by atoms with Gasteiger partial charge < -0.3 is 19.1 Å². The SMILES string of the molecule is COC(=O)OC(C)Oc1c2n(ccc1=O)N(C1c3ccccc3SCc3cccc(F)c31)[C@@H]1[C@H]3CC=CC=C3CCN1C2=O. The summed E-state index contributed by atoms with van der Waals surface area (Å²) in [4.78, 5) is 42.3. The second-order valence-electron chi connectivity index (χ2n) is 11.1. The van der Waals surface area contributed by atoms with Gasteiger partial charge in [0.15, 0.2) is 5.69 Å². The Labute approximate surface area is 257 Å². The summed E-state index contributed by atoms with van der Waals surface area (Å²) in [6, 6.07) is 13.7. The molecule has 226 valence electrons. The Bertz CT molecular complexity index is 1790. The molecule has 0 spiro atoms. The van der Waals surface area contributed by atoms with Gasteiger partial charge in [-0.3, -0.25) is 19.3 Å². The molecule has 3 aromatic rings. The lowest BCUT2D eigenvalue weighted by Crippen LogP contribution is -2.67. The Morgan fingerprint density at radius 3 is 2.80 bits per heavy atom. The van der Waals surface area contributed by atoms with Crippen molar-refractivity contribution in [2.45, 2.75) is 48.9 Å². The van der Waals surface area contributed by atoms with E-state index < -0.39 is 30.1 Å². The average molecular weight is 616 g/mol. The molecule has 1 saturated heterocycles. The number of amides is 1. The number of hydrogen-bond donors (Lipinski definition) is 0. The third-order valence-corrected chi connectivity index (χ3v) is 9.78. The first kappa shape index (κ1) is 28.3. The molecule has 4 heterocycles. The third-order valence-electron chi connectivity index (χ3n) is 8.64. The highest BCUT2D eigenvalue weighted by Gasteiger charge is 2.50. The number of benzene rings is 2. The molecule has 2 aromatic carbocycles. The fourth-order valence-electron chi connectivity index (χ4n) is 6.78. The number of fused-ring (bicyclic) bond motifs is 6. The van der Waals surface area contributed by atoms with Crippen LogP contribution < -0.4 is 15.2 Å². The summed E-state index contributed by atoms with van der Waals surface area (Å²) in [5.74, 6) is -0.473. The molecule has 4 atom stereocenters. The Morgan fingerprint density at radius 2 is 1.95 bits per heavy atom. The fraction of sp³-hybridized carbons (Fsp3) is 0.303. The fourth-order valence-corrected chi connectivity index (χ4v) is 7.87. The van der Waals surface area contributed by atoms with Crippen molar-refractivity contribution in [3.05, 3.63) is 117 Å². The van der Waals surface area contributed by atoms with Crippen LogP contribution in [-0.2, 0) is 15.2 Å². The molecular weight excluding hydrogens is 585 g/mol. The molecule has 11 heteroatoms. The van der Waals surface area contributed by atoms with Gasteiger partial charge in [0.25, 0.3) is 5.91 Å². The van der Waals surface area contributed by atoms with Gasteiger partial charge in [-0.15, -0.1) is 11.8 Å². The maximum Gasteiger partial charge on any atom is 0.511 e. The van der Waals surface area contributed by atoms with E-state index in [2.05, 4.69) is 16.9 Å². The van der Waals surface area contributed by atoms with E-state index in [9.17, 15) is 14.4 Å². The molecule has 9 nitrogen and oxygen atoms in total. The number of nitrogens with zero attached hydrogens (tertiary/aromatic N) is 3. The van der Waals surface area contributed by atoms with Crippen molar-refractivity contribution >= 4 is 23.8 Å². The van der Waals surface area contributed by atoms with Gasteiger partial charge >= 0.3 is 6.16 Å². The lowest BCUT2D eigenvalue weighted by atomic mass is 9.81. The van der Waals surface area contributed by atoms with Crippen LogP contribution >= 0.6 is 11.8 Å². The van der Waals surface area contributed by atoms with Gasteiger partial charge in [0, 0.05) is 47.9 Å². The highest BCUT2D eigenvalue weighted by Crippen LogP contribution is 2.48. The van der Waals surface area contributed by atoms with Crippen LogP contribution in [0.15, 0.2) is 88.2 Å². The highest BCUT2D eigenvalue weighted by molar-refractivity contribution is 7.98. The number of carbonyl (C=O) groups is 2. The first-order valence-corrected chi connectivity index (χ1v) is 15.5. The molecule has 3 aliphatic heterocycles. The van der Waals surface area contributed by atoms with E-state index in [4.69, 9.17) is 9.47 Å². The van der Waals surface area contributed by atoms with Crippen LogP contribution in [0, 0.1) is 11.7 Å². The minimum Gasteiger partial charge on any atom is -0.448 e. The number of aromatic nitrogens is 1. The maximum absolute atomic E-state index is 16.1. The van der Waals surface area contributed by atoms with E-state index in [1.165, 1.54) is 24.6 Å². The van der Waals surface area contributed by atoms with Crippen molar-refractivity contribution in [2.24, 2.45) is 5.92 Å². The summed E-state index contributed by atoms with van der Waals surface area (Å²) in [7, 11) is 1.16. The van der Waals surface area contributed by atoms with Gasteiger partial charge in [0.05, 0.1) is 7.11 Å². The molecule has 1 aliphatic carbocycles. The zero-order chi connectivity index (χ0) is 30.5. The van der Waals surface area contributed by atoms with E-state index >= 15 is 4.39 Å². The summed E-state index contributed by atoms with van der Waals surface area (Å²) in [6.07, 6.45) is 6.46. The number of methoxy groups -OCH3 is 1. The number of ether oxygens (including phenoxy) is 3. The maximum atomic E-state index is 16.1. The van der Waals surface area contributed by atoms with E-state index in [1.807, 2.05) is 41.4 Å². The van der Waals surface area contributed by atoms with Crippen LogP contribution in [0.2, 0.25) is 0 Å². The number of carbonyl (C=O) groups excluding carboxylic acids is 2. The first-order chi connectivity index (χ1) is 21.4. The molecule has 2 unspecified atom stereocenters. The Kier molecular flexibility index (Phi) is 7.20. The van der Waals surface area contributed by atoms with Crippen LogP contribution in [0.25, 0.3) is 0 Å². The Morgan fingerprint density at radius 1 is 1.11 bits per heavy atom. The van der Waals surface area contributed by atoms with E-state index in [0.717, 1.165) is 23.1 Å². The van der Waals surface area contributed by atoms with Crippen LogP contribution in [0.5, 0.6) is 5.75 Å². The topological polar surface area (TPSA) is 90.3 Å². The Hall–Kier alpha value is -4.51. The largest absolute Gasteiger partial charge is 0.511 e. The number of thioether (sulfide) groups is 1. The monoisotopic (exact) mass is 615 g/mol. The molecular formula is C33H30FN3O6S. The number of hydrogen-bond acceptors (Lipinski definition) is 8. The minimum atomic E-state index is -1.23. The van der Waals surface area contributed by atoms with Gasteiger partial charge in [-0.1, -0.05) is 54.1 Å². The average Bonchev–Trinajstić information content (AvgIpc) is 3.20. The van der Waals surface area contributed by atoms with Gasteiger partial charge in [-0.2, -0.15) is 0 Å². The molecule has 0 radical (unpaired) electrons. The molecule has 1 aromatic heterocycles. The lowest BCUT2D eigenvalue weighted by Gasteiger charge is -2.55. The summed E-state index contributed by atoms with van der Waals surface area (Å²) in [5, 5.41) is 2.04. The van der Waals surface area contributed by atoms with Gasteiger partial charge in [-0.05, 0) is 36.1 Å². The predicted octanol–water partition coefficient (Wildman–Crippen LogP) is 5.52. The summed E-state index contributed by atoms with van der Waals surface area (Å²) >= 11 is 1.64. The predicted molar refractivity (Wildman–Crippen MR) is 162 cm³/mol. The quantitative estimate of drug-likeness (QED) is 0.280. The van der Waals surface area contributed by atoms with Crippen molar-refractivity contribution in [1.29, 1.82) is 0 Å². The molecule has 0 saturated carbocycles. The zero-order valence-electron chi connectivity index (χ0n) is 24.1. The first-order valence-electron chi connectivity index (χ1n) is 14.5. The van der Waals surface area contributed by atoms with Crippen molar-refractivity contribution in [3.8, 4) is 5.75 Å². The number of pyridine rings is 1. The Balaban J connectivity index is 1.49. The normalized spacial score (nSPS) is 22.3. The van der Waals surface area contributed by atoms with Crippen LogP contribution in [0.3, 0.4) is 0 Å². The van der Waals surface area contributed by atoms with Crippen LogP contribution in [-0.4, -0.2) is 47.7 Å². The standard InChI is InChI=1S/C33H30FN3O6S/c1-19(43-33(40)41-2)42-30-25(38)15-17-36-29(30)32(39)35-16-14-20-8-3-4-10-22(20)31(35)37(36)28-23-11-5-6-13-26(23)44-18-21-9-7-12-24(34)27(21)28/h3-9,11-13,15,17,19,22,28,31H,10,14,16,18H2,1-2H3/t19?,22-,28?,31+/m0/s1. The van der Waals surface area contributed by atoms with Gasteiger partial charge in [0.1, 0.15) is 18.0 Å². The number of piperidine rings is 1. The molecule has 4 aliphatic rings. The molecule has 0 bridgehead atoms. The van der Waals surface area contributed by atoms with Crippen molar-refractivity contribution in [3.63, 3.8) is 0 Å². The minimum absolute atomic E-state index is 0.0138. The molecule has 44 heavy (non-hydrogen) atoms. The second kappa shape index (κ2) is 11.2. The molecule has 1 fully saturated rings. The van der Waals surface area contributed by atoms with Crippen molar-refractivity contribution < 1.29 is 28.2 Å². The van der Waals surface area contributed by atoms with Crippen LogP contribution in [0.4, 0.5) is 9.18 Å². The smallest absolute Gasteiger partial charge is 0.448 e. The van der Waals surface area contributed by atoms with Crippen molar-refractivity contribution in [2.75, 3.05) is 18.7 Å². The lowest BCUT2D eigenvalue weighted by molar-refractivity contribution is -0.0487. The highest BCUT2D eigenvalue weighted by atomic mass is 32.2. The zero-order valence-corrected chi connectivity index (χ0v) is 25.0. The van der Waals surface area contributed by atoms with Gasteiger partial charge in [0.2, 0.25) is 17.5 Å². The number of halogens is 1.